The van der Waals surface area contributed by atoms with E-state index >= 15 is 0 Å². The summed E-state index contributed by atoms with van der Waals surface area (Å²) in [5.41, 5.74) is 5.62. The number of Topliss-reactive ketones (excluding diaryl/α,β-unsaturated/α-hetero) is 2. The van der Waals surface area contributed by atoms with Crippen LogP contribution in [0.15, 0.2) is 40.5 Å². The molecule has 138 valence electrons. The van der Waals surface area contributed by atoms with E-state index in [2.05, 4.69) is 23.0 Å². The van der Waals surface area contributed by atoms with Crippen molar-refractivity contribution in [1.29, 1.82) is 0 Å². The van der Waals surface area contributed by atoms with Gasteiger partial charge in [-0.1, -0.05) is 19.9 Å². The highest BCUT2D eigenvalue weighted by Gasteiger charge is 2.27. The van der Waals surface area contributed by atoms with Crippen molar-refractivity contribution in [2.45, 2.75) is 60.8 Å². The minimum atomic E-state index is 0.00122. The zero-order chi connectivity index (χ0) is 19.4. The molecule has 3 rings (SSSR count). The number of H-pyrrole nitrogens is 1. The third-order valence-electron chi connectivity index (χ3n) is 4.84. The summed E-state index contributed by atoms with van der Waals surface area (Å²) in [5, 5.41) is 0. The first-order valence-electron chi connectivity index (χ1n) is 9.30. The number of ketones is 2. The summed E-state index contributed by atoms with van der Waals surface area (Å²) in [6.45, 7) is 11.3. The Hall–Kier alpha value is -2.49. The summed E-state index contributed by atoms with van der Waals surface area (Å²) < 4.78 is 0. The Kier molecular flexibility index (Phi) is 6.30. The van der Waals surface area contributed by atoms with Gasteiger partial charge in [0.2, 0.25) is 0 Å². The highest BCUT2D eigenvalue weighted by Crippen LogP contribution is 2.27. The first kappa shape index (κ1) is 19.8. The summed E-state index contributed by atoms with van der Waals surface area (Å²) in [6.07, 6.45) is 2.15. The summed E-state index contributed by atoms with van der Waals surface area (Å²) in [7, 11) is 0. The highest BCUT2D eigenvalue weighted by atomic mass is 16.1. The van der Waals surface area contributed by atoms with Crippen molar-refractivity contribution in [1.82, 2.24) is 9.97 Å². The van der Waals surface area contributed by atoms with Crippen molar-refractivity contribution >= 4 is 22.6 Å². The maximum atomic E-state index is 12.4. The van der Waals surface area contributed by atoms with Gasteiger partial charge >= 0.3 is 0 Å². The van der Waals surface area contributed by atoms with Crippen molar-refractivity contribution in [3.8, 4) is 0 Å². The monoisotopic (exact) mass is 352 g/mol. The number of rotatable bonds is 4. The first-order valence-corrected chi connectivity index (χ1v) is 9.30. The van der Waals surface area contributed by atoms with Crippen LogP contribution in [0.3, 0.4) is 0 Å². The van der Waals surface area contributed by atoms with Gasteiger partial charge in [-0.3, -0.25) is 9.59 Å². The number of imidazole rings is 1. The number of carbonyl (C=O) groups excluding carboxylic acids is 2. The first-order chi connectivity index (χ1) is 12.4. The van der Waals surface area contributed by atoms with Gasteiger partial charge in [-0.2, -0.15) is 0 Å². The molecule has 1 heterocycles. The van der Waals surface area contributed by atoms with Gasteiger partial charge in [0.15, 0.2) is 11.6 Å². The number of nitrogens with one attached hydrogen (secondary N) is 1. The molecule has 0 bridgehead atoms. The largest absolute Gasteiger partial charge is 0.342 e. The number of aryl methyl sites for hydroxylation is 2. The lowest BCUT2D eigenvalue weighted by Crippen LogP contribution is -2.20. The number of carbonyl (C=O) groups is 2. The van der Waals surface area contributed by atoms with E-state index in [1.54, 1.807) is 20.8 Å². The number of allylic oxidation sites excluding steroid dienone is 4. The van der Waals surface area contributed by atoms with Gasteiger partial charge in [-0.05, 0) is 58.2 Å². The fourth-order valence-corrected chi connectivity index (χ4v) is 3.18. The summed E-state index contributed by atoms with van der Waals surface area (Å²) in [5.74, 6) is 0.943. The molecule has 1 aromatic carbocycles. The molecule has 1 aromatic heterocycles. The van der Waals surface area contributed by atoms with Crippen LogP contribution in [0.2, 0.25) is 0 Å². The zero-order valence-electron chi connectivity index (χ0n) is 16.6. The lowest BCUT2D eigenvalue weighted by Gasteiger charge is -2.18. The molecule has 1 aliphatic rings. The standard InChI is InChI=1S/C20H22N2O2.C2H6/c1-11-8-9-16-17(10-11)22-18(21-16)7-5-6-15-14(4)19(23)12(2)13(3)20(15)24;1-2/h8-10H,5-7H2,1-4H3,(H,21,22);1-2H3. The van der Waals surface area contributed by atoms with E-state index in [1.165, 1.54) is 5.56 Å². The Labute approximate surface area is 155 Å². The second kappa shape index (κ2) is 8.26. The molecule has 0 unspecified atom stereocenters. The summed E-state index contributed by atoms with van der Waals surface area (Å²) in [4.78, 5) is 32.5. The minimum absolute atomic E-state index is 0.00122. The van der Waals surface area contributed by atoms with Crippen LogP contribution < -0.4 is 0 Å². The molecule has 0 saturated heterocycles. The van der Waals surface area contributed by atoms with Crippen molar-refractivity contribution in [2.75, 3.05) is 0 Å². The number of benzene rings is 1. The van der Waals surface area contributed by atoms with Gasteiger partial charge in [-0.25, -0.2) is 4.98 Å². The third kappa shape index (κ3) is 3.85. The fourth-order valence-electron chi connectivity index (χ4n) is 3.18. The van der Waals surface area contributed by atoms with E-state index in [0.717, 1.165) is 29.7 Å². The van der Waals surface area contributed by atoms with Gasteiger partial charge in [0, 0.05) is 28.7 Å². The molecule has 1 aliphatic carbocycles. The van der Waals surface area contributed by atoms with Gasteiger partial charge < -0.3 is 4.98 Å². The van der Waals surface area contributed by atoms with Crippen LogP contribution in [-0.2, 0) is 16.0 Å². The molecule has 0 atom stereocenters. The van der Waals surface area contributed by atoms with Crippen LogP contribution in [0.1, 0.15) is 58.8 Å². The molecule has 4 nitrogen and oxygen atoms in total. The van der Waals surface area contributed by atoms with E-state index in [4.69, 9.17) is 0 Å². The number of hydrogen-bond donors (Lipinski definition) is 1. The molecule has 0 radical (unpaired) electrons. The maximum absolute atomic E-state index is 12.4. The Balaban J connectivity index is 0.00000117. The fraction of sp³-hybridized carbons (Fsp3) is 0.409. The van der Waals surface area contributed by atoms with Crippen LogP contribution >= 0.6 is 0 Å². The molecular weight excluding hydrogens is 324 g/mol. The molecule has 2 aromatic rings. The minimum Gasteiger partial charge on any atom is -0.342 e. The molecule has 26 heavy (non-hydrogen) atoms. The SMILES string of the molecule is CC.CC1=C(C)C(=O)C(CCCc2nc3ccc(C)cc3[nH]2)=C(C)C1=O. The molecule has 0 fully saturated rings. The Morgan fingerprint density at radius 3 is 2.23 bits per heavy atom. The summed E-state index contributed by atoms with van der Waals surface area (Å²) >= 11 is 0. The molecule has 4 heteroatoms. The van der Waals surface area contributed by atoms with Crippen molar-refractivity contribution in [3.63, 3.8) is 0 Å². The van der Waals surface area contributed by atoms with Crippen LogP contribution in [0.4, 0.5) is 0 Å². The van der Waals surface area contributed by atoms with Crippen LogP contribution in [0.5, 0.6) is 0 Å². The van der Waals surface area contributed by atoms with Crippen LogP contribution in [0, 0.1) is 6.92 Å². The van der Waals surface area contributed by atoms with Crippen molar-refractivity contribution < 1.29 is 9.59 Å². The number of aromatic amines is 1. The van der Waals surface area contributed by atoms with Gasteiger partial charge in [0.1, 0.15) is 5.82 Å². The normalized spacial score (nSPS) is 14.8. The third-order valence-corrected chi connectivity index (χ3v) is 4.84. The number of fused-ring (bicyclic) bond motifs is 1. The number of nitrogens with zero attached hydrogens (tertiary/aromatic N) is 1. The Morgan fingerprint density at radius 2 is 1.54 bits per heavy atom. The lowest BCUT2D eigenvalue weighted by molar-refractivity contribution is -0.116. The van der Waals surface area contributed by atoms with Crippen LogP contribution in [0.25, 0.3) is 11.0 Å². The second-order valence-corrected chi connectivity index (χ2v) is 6.57. The predicted molar refractivity (Wildman–Crippen MR) is 106 cm³/mol. The van der Waals surface area contributed by atoms with E-state index < -0.39 is 0 Å². The van der Waals surface area contributed by atoms with Crippen molar-refractivity contribution in [2.24, 2.45) is 0 Å². The van der Waals surface area contributed by atoms with Gasteiger partial charge in [0.25, 0.3) is 0 Å². The number of hydrogen-bond acceptors (Lipinski definition) is 3. The smallest absolute Gasteiger partial charge is 0.185 e. The average Bonchev–Trinajstić information content (AvgIpc) is 3.04. The van der Waals surface area contributed by atoms with Gasteiger partial charge in [-0.15, -0.1) is 0 Å². The molecule has 0 aliphatic heterocycles. The number of aromatic nitrogens is 2. The van der Waals surface area contributed by atoms with Crippen molar-refractivity contribution in [3.05, 3.63) is 51.9 Å². The molecular formula is C22H28N2O2. The maximum Gasteiger partial charge on any atom is 0.185 e. The van der Waals surface area contributed by atoms with E-state index in [-0.39, 0.29) is 11.6 Å². The van der Waals surface area contributed by atoms with E-state index in [1.807, 2.05) is 26.0 Å². The molecule has 0 saturated carbocycles. The van der Waals surface area contributed by atoms with Gasteiger partial charge in [0.05, 0.1) is 11.0 Å². The topological polar surface area (TPSA) is 62.8 Å². The molecule has 1 N–H and O–H groups in total. The Morgan fingerprint density at radius 1 is 0.885 bits per heavy atom. The predicted octanol–water partition coefficient (Wildman–Crippen LogP) is 5.02. The second-order valence-electron chi connectivity index (χ2n) is 6.57. The lowest BCUT2D eigenvalue weighted by atomic mass is 9.84. The zero-order valence-corrected chi connectivity index (χ0v) is 16.6. The average molecular weight is 352 g/mol. The molecule has 0 spiro atoms. The quantitative estimate of drug-likeness (QED) is 0.785. The Bertz CT molecular complexity index is 913. The van der Waals surface area contributed by atoms with E-state index in [9.17, 15) is 9.59 Å². The molecule has 0 amide bonds. The highest BCUT2D eigenvalue weighted by molar-refractivity contribution is 6.24. The van der Waals surface area contributed by atoms with E-state index in [0.29, 0.717) is 28.7 Å². The summed E-state index contributed by atoms with van der Waals surface area (Å²) in [6, 6.07) is 6.14. The van der Waals surface area contributed by atoms with Crippen LogP contribution in [-0.4, -0.2) is 21.5 Å².